The lowest BCUT2D eigenvalue weighted by molar-refractivity contribution is -0.113. The molecule has 0 aliphatic carbocycles. The number of amides is 1. The molecule has 0 saturated carbocycles. The van der Waals surface area contributed by atoms with Crippen LogP contribution in [-0.2, 0) is 17.8 Å². The fraction of sp³-hybridized carbons (Fsp3) is 0.211. The number of nitrogens with one attached hydrogen (secondary N) is 2. The van der Waals surface area contributed by atoms with Gasteiger partial charge in [-0.25, -0.2) is 9.89 Å². The average Bonchev–Trinajstić information content (AvgIpc) is 3.01. The van der Waals surface area contributed by atoms with Crippen molar-refractivity contribution in [2.75, 3.05) is 11.1 Å². The minimum atomic E-state index is -0.261. The predicted octanol–water partition coefficient (Wildman–Crippen LogP) is 2.85. The van der Waals surface area contributed by atoms with E-state index in [-0.39, 0.29) is 17.3 Å². The van der Waals surface area contributed by atoms with Gasteiger partial charge in [0.2, 0.25) is 5.91 Å². The van der Waals surface area contributed by atoms with Gasteiger partial charge in [-0.3, -0.25) is 9.36 Å². The molecule has 0 atom stereocenters. The van der Waals surface area contributed by atoms with Crippen molar-refractivity contribution in [2.45, 2.75) is 25.0 Å². The number of H-pyrrole nitrogens is 1. The van der Waals surface area contributed by atoms with E-state index in [0.717, 1.165) is 23.2 Å². The zero-order chi connectivity index (χ0) is 18.4. The van der Waals surface area contributed by atoms with E-state index in [0.29, 0.717) is 11.7 Å². The predicted molar refractivity (Wildman–Crippen MR) is 104 cm³/mol. The molecule has 3 aromatic rings. The maximum Gasteiger partial charge on any atom is 0.343 e. The van der Waals surface area contributed by atoms with E-state index >= 15 is 0 Å². The molecule has 3 rings (SSSR count). The van der Waals surface area contributed by atoms with E-state index in [9.17, 15) is 9.59 Å². The lowest BCUT2D eigenvalue weighted by atomic mass is 10.1. The number of hydrogen-bond donors (Lipinski definition) is 2. The lowest BCUT2D eigenvalue weighted by Crippen LogP contribution is -2.20. The van der Waals surface area contributed by atoms with Gasteiger partial charge in [-0.2, -0.15) is 0 Å². The Morgan fingerprint density at radius 2 is 1.88 bits per heavy atom. The molecule has 2 aromatic carbocycles. The molecular formula is C19H20N4O2S. The summed E-state index contributed by atoms with van der Waals surface area (Å²) < 4.78 is 1.57. The largest absolute Gasteiger partial charge is 0.343 e. The van der Waals surface area contributed by atoms with Gasteiger partial charge < -0.3 is 5.32 Å². The number of carbonyl (C=O) groups is 1. The van der Waals surface area contributed by atoms with Crippen LogP contribution in [0, 0.1) is 6.92 Å². The van der Waals surface area contributed by atoms with Gasteiger partial charge in [-0.15, -0.1) is 5.10 Å². The lowest BCUT2D eigenvalue weighted by Gasteiger charge is -2.08. The minimum Gasteiger partial charge on any atom is -0.325 e. The summed E-state index contributed by atoms with van der Waals surface area (Å²) in [6.07, 6.45) is 0.725. The fourth-order valence-corrected chi connectivity index (χ4v) is 3.30. The van der Waals surface area contributed by atoms with Gasteiger partial charge >= 0.3 is 5.69 Å². The van der Waals surface area contributed by atoms with E-state index in [1.807, 2.05) is 61.5 Å². The first kappa shape index (κ1) is 18.0. The number of hydrogen-bond acceptors (Lipinski definition) is 4. The number of carbonyl (C=O) groups excluding carboxylic acids is 1. The van der Waals surface area contributed by atoms with Gasteiger partial charge in [0.15, 0.2) is 5.16 Å². The van der Waals surface area contributed by atoms with Crippen LogP contribution in [0.3, 0.4) is 0 Å². The van der Waals surface area contributed by atoms with Gasteiger partial charge in [0.1, 0.15) is 0 Å². The van der Waals surface area contributed by atoms with Crippen molar-refractivity contribution in [1.29, 1.82) is 0 Å². The maximum atomic E-state index is 12.2. The Balaban J connectivity index is 1.59. The van der Waals surface area contributed by atoms with Crippen molar-refractivity contribution in [3.8, 4) is 0 Å². The number of aromatic nitrogens is 3. The van der Waals surface area contributed by atoms with Gasteiger partial charge in [-0.05, 0) is 30.5 Å². The number of aryl methyl sites for hydroxylation is 2. The van der Waals surface area contributed by atoms with Crippen LogP contribution in [-0.4, -0.2) is 26.4 Å². The molecular weight excluding hydrogens is 348 g/mol. The van der Waals surface area contributed by atoms with E-state index < -0.39 is 0 Å². The molecule has 0 radical (unpaired) electrons. The van der Waals surface area contributed by atoms with Crippen LogP contribution >= 0.6 is 11.8 Å². The SMILES string of the molecule is Cc1ccccc1NC(=O)CSc1n[nH]c(=O)n1CCc1ccccc1. The van der Waals surface area contributed by atoms with E-state index in [2.05, 4.69) is 15.5 Å². The molecule has 26 heavy (non-hydrogen) atoms. The zero-order valence-electron chi connectivity index (χ0n) is 14.4. The Morgan fingerprint density at radius 1 is 1.15 bits per heavy atom. The summed E-state index contributed by atoms with van der Waals surface area (Å²) in [5.41, 5.74) is 2.68. The second kappa shape index (κ2) is 8.53. The van der Waals surface area contributed by atoms with Crippen molar-refractivity contribution in [3.63, 3.8) is 0 Å². The number of benzene rings is 2. The summed E-state index contributed by atoms with van der Waals surface area (Å²) in [5, 5.41) is 9.89. The topological polar surface area (TPSA) is 79.8 Å². The van der Waals surface area contributed by atoms with Crippen molar-refractivity contribution in [2.24, 2.45) is 0 Å². The van der Waals surface area contributed by atoms with E-state index in [4.69, 9.17) is 0 Å². The first-order valence-electron chi connectivity index (χ1n) is 8.31. The summed E-state index contributed by atoms with van der Waals surface area (Å²) in [5.74, 6) is 0.0543. The van der Waals surface area contributed by atoms with Gasteiger partial charge in [-0.1, -0.05) is 60.3 Å². The van der Waals surface area contributed by atoms with Crippen LogP contribution in [0.1, 0.15) is 11.1 Å². The number of nitrogens with zero attached hydrogens (tertiary/aromatic N) is 2. The van der Waals surface area contributed by atoms with E-state index in [1.54, 1.807) is 4.57 Å². The minimum absolute atomic E-state index is 0.130. The number of para-hydroxylation sites is 1. The summed E-state index contributed by atoms with van der Waals surface area (Å²) in [4.78, 5) is 24.2. The third kappa shape index (κ3) is 4.64. The quantitative estimate of drug-likeness (QED) is 0.629. The number of anilines is 1. The van der Waals surface area contributed by atoms with Crippen LogP contribution < -0.4 is 11.0 Å². The first-order chi connectivity index (χ1) is 12.6. The molecule has 0 saturated heterocycles. The Labute approximate surface area is 155 Å². The van der Waals surface area contributed by atoms with Crippen LogP contribution in [0.5, 0.6) is 0 Å². The Bertz CT molecular complexity index is 934. The third-order valence-electron chi connectivity index (χ3n) is 3.94. The molecule has 7 heteroatoms. The molecule has 0 aliphatic rings. The molecule has 1 heterocycles. The Hall–Kier alpha value is -2.80. The van der Waals surface area contributed by atoms with Crippen LogP contribution in [0.2, 0.25) is 0 Å². The molecule has 0 bridgehead atoms. The molecule has 0 fully saturated rings. The normalized spacial score (nSPS) is 10.7. The highest BCUT2D eigenvalue weighted by molar-refractivity contribution is 7.99. The number of thioether (sulfide) groups is 1. The summed E-state index contributed by atoms with van der Waals surface area (Å²) >= 11 is 1.24. The highest BCUT2D eigenvalue weighted by Gasteiger charge is 2.12. The van der Waals surface area contributed by atoms with Crippen molar-refractivity contribution in [3.05, 3.63) is 76.2 Å². The van der Waals surface area contributed by atoms with Crippen LogP contribution in [0.25, 0.3) is 0 Å². The summed E-state index contributed by atoms with van der Waals surface area (Å²) in [7, 11) is 0. The van der Waals surface area contributed by atoms with Crippen molar-refractivity contribution in [1.82, 2.24) is 14.8 Å². The third-order valence-corrected chi connectivity index (χ3v) is 4.92. The molecule has 134 valence electrons. The Kier molecular flexibility index (Phi) is 5.91. The maximum absolute atomic E-state index is 12.2. The monoisotopic (exact) mass is 368 g/mol. The molecule has 0 aliphatic heterocycles. The standard InChI is InChI=1S/C19H20N4O2S/c1-14-7-5-6-10-16(14)20-17(24)13-26-19-22-21-18(25)23(19)12-11-15-8-3-2-4-9-15/h2-10H,11-13H2,1H3,(H,20,24)(H,21,25). The van der Waals surface area contributed by atoms with Crippen LogP contribution in [0.4, 0.5) is 5.69 Å². The molecule has 0 unspecified atom stereocenters. The number of aromatic amines is 1. The average molecular weight is 368 g/mol. The smallest absolute Gasteiger partial charge is 0.325 e. The summed E-state index contributed by atoms with van der Waals surface area (Å²) in [6, 6.07) is 17.6. The first-order valence-corrected chi connectivity index (χ1v) is 9.29. The zero-order valence-corrected chi connectivity index (χ0v) is 15.3. The second-order valence-electron chi connectivity index (χ2n) is 5.85. The molecule has 1 amide bonds. The Morgan fingerprint density at radius 3 is 2.65 bits per heavy atom. The highest BCUT2D eigenvalue weighted by atomic mass is 32.2. The molecule has 0 spiro atoms. The molecule has 2 N–H and O–H groups in total. The van der Waals surface area contributed by atoms with Gasteiger partial charge in [0.05, 0.1) is 5.75 Å². The van der Waals surface area contributed by atoms with Crippen molar-refractivity contribution < 1.29 is 4.79 Å². The second-order valence-corrected chi connectivity index (χ2v) is 6.79. The van der Waals surface area contributed by atoms with E-state index in [1.165, 1.54) is 11.8 Å². The summed E-state index contributed by atoms with van der Waals surface area (Å²) in [6.45, 7) is 2.46. The molecule has 6 nitrogen and oxygen atoms in total. The van der Waals surface area contributed by atoms with Crippen molar-refractivity contribution >= 4 is 23.4 Å². The van der Waals surface area contributed by atoms with Gasteiger partial charge in [0, 0.05) is 12.2 Å². The highest BCUT2D eigenvalue weighted by Crippen LogP contribution is 2.17. The number of rotatable bonds is 7. The van der Waals surface area contributed by atoms with Gasteiger partial charge in [0.25, 0.3) is 0 Å². The fourth-order valence-electron chi connectivity index (χ4n) is 2.53. The molecule has 1 aromatic heterocycles. The van der Waals surface area contributed by atoms with Crippen LogP contribution in [0.15, 0.2) is 64.5 Å².